The Bertz CT molecular complexity index is 814. The van der Waals surface area contributed by atoms with Crippen LogP contribution in [0.2, 0.25) is 0 Å². The average molecular weight is 729 g/mol. The number of carbonyl (C=O) groups excluding carboxylic acids is 3. The second kappa shape index (κ2) is 10.5. The zero-order chi connectivity index (χ0) is 21.8. The van der Waals surface area contributed by atoms with Gasteiger partial charge in [0.05, 0.1) is 27.6 Å². The second-order valence-corrected chi connectivity index (χ2v) is 8.61. The molecule has 4 N–H and O–H groups in total. The Morgan fingerprint density at radius 1 is 0.786 bits per heavy atom. The maximum Gasteiger partial charge on any atom is 0.323 e. The van der Waals surface area contributed by atoms with E-state index in [1.807, 2.05) is 67.8 Å². The van der Waals surface area contributed by atoms with E-state index in [1.165, 1.54) is 13.8 Å². The summed E-state index contributed by atoms with van der Waals surface area (Å²) in [6.45, 7) is 0.887. The summed E-state index contributed by atoms with van der Waals surface area (Å²) in [7, 11) is 0. The van der Waals surface area contributed by atoms with E-state index in [-0.39, 0.29) is 16.9 Å². The van der Waals surface area contributed by atoms with Crippen LogP contribution < -0.4 is 10.6 Å². The molecule has 13 heteroatoms. The van der Waals surface area contributed by atoms with Crippen molar-refractivity contribution in [3.05, 3.63) is 16.3 Å². The molecule has 0 bridgehead atoms. The van der Waals surface area contributed by atoms with Crippen LogP contribution in [0, 0.1) is 10.7 Å². The Kier molecular flexibility index (Phi) is 9.31. The molecule has 1 rings (SSSR count). The van der Waals surface area contributed by atoms with Gasteiger partial charge in [0.15, 0.2) is 0 Å². The van der Waals surface area contributed by atoms with E-state index in [0.717, 1.165) is 0 Å². The van der Waals surface area contributed by atoms with Crippen molar-refractivity contribution in [3.63, 3.8) is 0 Å². The van der Waals surface area contributed by atoms with Gasteiger partial charge in [0.1, 0.15) is 13.1 Å². The van der Waals surface area contributed by atoms with Gasteiger partial charge in [-0.15, -0.1) is 0 Å². The Morgan fingerprint density at radius 2 is 1.14 bits per heavy atom. The average Bonchev–Trinajstić information content (AvgIpc) is 2.53. The molecule has 0 heterocycles. The Labute approximate surface area is 200 Å². The number of halogens is 3. The Hall–Kier alpha value is -1.24. The highest BCUT2D eigenvalue weighted by Gasteiger charge is 2.30. The summed E-state index contributed by atoms with van der Waals surface area (Å²) in [5, 5.41) is 23.2. The first-order valence-electron chi connectivity index (χ1n) is 7.35. The van der Waals surface area contributed by atoms with Gasteiger partial charge in [0, 0.05) is 13.8 Å². The fraction of sp³-hybridized carbons (Fsp3) is 0.267. The molecule has 3 amide bonds. The van der Waals surface area contributed by atoms with Crippen LogP contribution in [0.4, 0.5) is 11.4 Å². The van der Waals surface area contributed by atoms with Crippen LogP contribution in [-0.2, 0) is 19.2 Å². The molecule has 0 aliphatic rings. The molecule has 0 fully saturated rings. The van der Waals surface area contributed by atoms with Crippen molar-refractivity contribution in [3.8, 4) is 0 Å². The number of rotatable bonds is 7. The van der Waals surface area contributed by atoms with Crippen LogP contribution in [0.25, 0.3) is 0 Å². The minimum atomic E-state index is -1.38. The predicted octanol–water partition coefficient (Wildman–Crippen LogP) is 2.03. The lowest BCUT2D eigenvalue weighted by Crippen LogP contribution is -2.40. The lowest BCUT2D eigenvalue weighted by Gasteiger charge is -2.23. The van der Waals surface area contributed by atoms with Crippen LogP contribution in [0.1, 0.15) is 24.2 Å². The standard InChI is InChI=1S/C15H14I3N3O7/c1-5(22)19-13-10(16)9(11(17)14(12(13)18)20-6(2)23)15(28)21(3-7(24)25)4-8(26)27/h3-4H2,1-2H3,(H,19,22)(H,20,23)(H,24,25)(H,26,27). The topological polar surface area (TPSA) is 153 Å². The maximum atomic E-state index is 13.0. The molecule has 0 saturated carbocycles. The van der Waals surface area contributed by atoms with Gasteiger partial charge in [0.2, 0.25) is 11.8 Å². The highest BCUT2D eigenvalue weighted by molar-refractivity contribution is 14.1. The number of benzene rings is 1. The molecular formula is C15H14I3N3O7. The molecule has 1 aromatic carbocycles. The summed E-state index contributed by atoms with van der Waals surface area (Å²) in [4.78, 5) is 59.0. The Morgan fingerprint density at radius 3 is 1.43 bits per heavy atom. The number of carboxylic acids is 2. The molecule has 0 atom stereocenters. The van der Waals surface area contributed by atoms with Gasteiger partial charge < -0.3 is 25.7 Å². The van der Waals surface area contributed by atoms with Crippen LogP contribution in [0.15, 0.2) is 0 Å². The predicted molar refractivity (Wildman–Crippen MR) is 124 cm³/mol. The van der Waals surface area contributed by atoms with Crippen molar-refractivity contribution in [1.82, 2.24) is 4.90 Å². The van der Waals surface area contributed by atoms with Gasteiger partial charge in [-0.05, 0) is 67.8 Å². The van der Waals surface area contributed by atoms with E-state index in [2.05, 4.69) is 10.6 Å². The molecule has 0 aliphatic carbocycles. The quantitative estimate of drug-likeness (QED) is 0.314. The monoisotopic (exact) mass is 729 g/mol. The van der Waals surface area contributed by atoms with Crippen LogP contribution >= 0.6 is 67.8 Å². The smallest absolute Gasteiger partial charge is 0.323 e. The molecule has 0 aromatic heterocycles. The molecule has 10 nitrogen and oxygen atoms in total. The third-order valence-corrected chi connectivity index (χ3v) is 6.31. The first-order valence-corrected chi connectivity index (χ1v) is 10.6. The number of carboxylic acid groups (broad SMARTS) is 2. The third kappa shape index (κ3) is 6.39. The summed E-state index contributed by atoms with van der Waals surface area (Å²) in [5.41, 5.74) is 0.496. The van der Waals surface area contributed by atoms with Crippen molar-refractivity contribution in [2.24, 2.45) is 0 Å². The van der Waals surface area contributed by atoms with E-state index in [0.29, 0.717) is 15.6 Å². The van der Waals surface area contributed by atoms with Crippen LogP contribution in [0.5, 0.6) is 0 Å². The molecule has 152 valence electrons. The molecule has 0 unspecified atom stereocenters. The lowest BCUT2D eigenvalue weighted by atomic mass is 10.1. The normalized spacial score (nSPS) is 10.2. The maximum absolute atomic E-state index is 13.0. The Balaban J connectivity index is 3.72. The van der Waals surface area contributed by atoms with Crippen LogP contribution in [0.3, 0.4) is 0 Å². The zero-order valence-corrected chi connectivity index (χ0v) is 20.9. The van der Waals surface area contributed by atoms with Gasteiger partial charge in [-0.25, -0.2) is 0 Å². The molecule has 0 aliphatic heterocycles. The molecule has 1 aromatic rings. The lowest BCUT2D eigenvalue weighted by molar-refractivity contribution is -0.140. The first-order chi connectivity index (χ1) is 12.9. The van der Waals surface area contributed by atoms with Gasteiger partial charge >= 0.3 is 11.9 Å². The number of nitrogens with zero attached hydrogens (tertiary/aromatic N) is 1. The van der Waals surface area contributed by atoms with Crippen molar-refractivity contribution in [2.45, 2.75) is 13.8 Å². The zero-order valence-electron chi connectivity index (χ0n) is 14.4. The van der Waals surface area contributed by atoms with Gasteiger partial charge in [-0.3, -0.25) is 24.0 Å². The highest BCUT2D eigenvalue weighted by Crippen LogP contribution is 2.39. The SMILES string of the molecule is CC(=O)Nc1c(I)c(NC(C)=O)c(I)c(C(=O)N(CC(=O)O)CC(=O)O)c1I. The van der Waals surface area contributed by atoms with E-state index in [1.54, 1.807) is 0 Å². The second-order valence-electron chi connectivity index (χ2n) is 5.38. The van der Waals surface area contributed by atoms with Crippen LogP contribution in [-0.4, -0.2) is 57.9 Å². The minimum absolute atomic E-state index is 0.0170. The number of amides is 3. The molecule has 0 saturated heterocycles. The number of hydrogen-bond acceptors (Lipinski definition) is 5. The first kappa shape index (κ1) is 24.8. The van der Waals surface area contributed by atoms with E-state index in [9.17, 15) is 24.0 Å². The molecule has 0 spiro atoms. The number of nitrogens with one attached hydrogen (secondary N) is 2. The summed E-state index contributed by atoms with van der Waals surface area (Å²) < 4.78 is 1.05. The molecule has 0 radical (unpaired) electrons. The van der Waals surface area contributed by atoms with Gasteiger partial charge in [-0.1, -0.05) is 0 Å². The third-order valence-electron chi connectivity index (χ3n) is 3.07. The summed E-state index contributed by atoms with van der Waals surface area (Å²) in [5.74, 6) is -4.45. The summed E-state index contributed by atoms with van der Waals surface area (Å²) in [6, 6.07) is 0. The number of aliphatic carboxylic acids is 2. The van der Waals surface area contributed by atoms with Crippen molar-refractivity contribution < 1.29 is 34.2 Å². The molecule has 28 heavy (non-hydrogen) atoms. The van der Waals surface area contributed by atoms with E-state index < -0.39 is 42.7 Å². The fourth-order valence-corrected chi connectivity index (χ4v) is 6.27. The summed E-state index contributed by atoms with van der Waals surface area (Å²) in [6.07, 6.45) is 0. The van der Waals surface area contributed by atoms with Gasteiger partial charge in [-0.2, -0.15) is 0 Å². The number of carbonyl (C=O) groups is 5. The number of hydrogen-bond donors (Lipinski definition) is 4. The fourth-order valence-electron chi connectivity index (χ4n) is 2.11. The van der Waals surface area contributed by atoms with E-state index in [4.69, 9.17) is 10.2 Å². The molecular weight excluding hydrogens is 715 g/mol. The largest absolute Gasteiger partial charge is 0.480 e. The van der Waals surface area contributed by atoms with Crippen molar-refractivity contribution in [2.75, 3.05) is 23.7 Å². The van der Waals surface area contributed by atoms with Crippen molar-refractivity contribution >= 4 is 109 Å². The summed E-state index contributed by atoms with van der Waals surface area (Å²) >= 11 is 5.53. The van der Waals surface area contributed by atoms with Crippen molar-refractivity contribution in [1.29, 1.82) is 0 Å². The number of anilines is 2. The highest BCUT2D eigenvalue weighted by atomic mass is 127. The minimum Gasteiger partial charge on any atom is -0.480 e. The van der Waals surface area contributed by atoms with E-state index >= 15 is 0 Å². The van der Waals surface area contributed by atoms with Gasteiger partial charge in [0.25, 0.3) is 5.91 Å².